The molecule has 4 rings (SSSR count). The minimum Gasteiger partial charge on any atom is -0.361 e. The second-order valence-corrected chi connectivity index (χ2v) is 6.58. The Morgan fingerprint density at radius 1 is 1.38 bits per heavy atom. The van der Waals surface area contributed by atoms with Crippen LogP contribution in [0.4, 0.5) is 0 Å². The van der Waals surface area contributed by atoms with Gasteiger partial charge in [-0.3, -0.25) is 9.89 Å². The zero-order chi connectivity index (χ0) is 16.7. The molecule has 24 heavy (non-hydrogen) atoms. The highest BCUT2D eigenvalue weighted by Gasteiger charge is 2.34. The predicted octanol–water partition coefficient (Wildman–Crippen LogP) is 3.65. The van der Waals surface area contributed by atoms with E-state index in [1.54, 1.807) is 0 Å². The topological polar surface area (TPSA) is 75.0 Å². The van der Waals surface area contributed by atoms with Crippen LogP contribution >= 0.6 is 0 Å². The predicted molar refractivity (Wildman–Crippen MR) is 89.7 cm³/mol. The fraction of sp³-hybridized carbons (Fsp3) is 0.389. The van der Waals surface area contributed by atoms with Crippen LogP contribution in [0.25, 0.3) is 10.9 Å². The number of carbonyl (C=O) groups is 1. The van der Waals surface area contributed by atoms with Crippen LogP contribution in [0.15, 0.2) is 34.9 Å². The van der Waals surface area contributed by atoms with E-state index in [-0.39, 0.29) is 17.9 Å². The van der Waals surface area contributed by atoms with Gasteiger partial charge in [0.15, 0.2) is 5.69 Å². The van der Waals surface area contributed by atoms with Gasteiger partial charge in [0.1, 0.15) is 11.5 Å². The molecule has 2 aromatic heterocycles. The van der Waals surface area contributed by atoms with Gasteiger partial charge in [-0.25, -0.2) is 0 Å². The molecular weight excluding hydrogens is 304 g/mol. The molecular formula is C18H20N4O2. The van der Waals surface area contributed by atoms with Crippen molar-refractivity contribution < 1.29 is 9.32 Å². The van der Waals surface area contributed by atoms with E-state index in [0.29, 0.717) is 12.2 Å². The molecule has 6 heteroatoms. The molecule has 1 atom stereocenters. The number of nitrogens with one attached hydrogen (secondary N) is 1. The third-order valence-corrected chi connectivity index (χ3v) is 4.64. The lowest BCUT2D eigenvalue weighted by Gasteiger charge is -2.22. The molecule has 1 aliphatic rings. The highest BCUT2D eigenvalue weighted by molar-refractivity contribution is 6.04. The van der Waals surface area contributed by atoms with Gasteiger partial charge in [0.2, 0.25) is 0 Å². The summed E-state index contributed by atoms with van der Waals surface area (Å²) in [6.45, 7) is 4.85. The van der Waals surface area contributed by atoms with Crippen LogP contribution in [0.1, 0.15) is 60.6 Å². The fourth-order valence-electron chi connectivity index (χ4n) is 3.31. The van der Waals surface area contributed by atoms with Gasteiger partial charge in [-0.05, 0) is 18.9 Å². The first-order valence-corrected chi connectivity index (χ1v) is 8.35. The van der Waals surface area contributed by atoms with E-state index in [1.165, 1.54) is 0 Å². The van der Waals surface area contributed by atoms with Gasteiger partial charge >= 0.3 is 0 Å². The molecule has 124 valence electrons. The van der Waals surface area contributed by atoms with Crippen molar-refractivity contribution in [3.8, 4) is 0 Å². The SMILES string of the molecule is CC(C)c1cc(C2CCCN2C(=O)c2n[nH]c3ccccc23)no1. The molecule has 0 spiro atoms. The van der Waals surface area contributed by atoms with Gasteiger partial charge in [0, 0.05) is 23.9 Å². The van der Waals surface area contributed by atoms with Crippen molar-refractivity contribution in [1.29, 1.82) is 0 Å². The van der Waals surface area contributed by atoms with E-state index < -0.39 is 0 Å². The normalized spacial score (nSPS) is 18.0. The Hall–Kier alpha value is -2.63. The van der Waals surface area contributed by atoms with Gasteiger partial charge in [-0.1, -0.05) is 37.2 Å². The summed E-state index contributed by atoms with van der Waals surface area (Å²) in [4.78, 5) is 14.9. The number of aromatic amines is 1. The van der Waals surface area contributed by atoms with Gasteiger partial charge < -0.3 is 9.42 Å². The maximum Gasteiger partial charge on any atom is 0.275 e. The number of para-hydroxylation sites is 1. The second kappa shape index (κ2) is 5.78. The van der Waals surface area contributed by atoms with E-state index in [0.717, 1.165) is 35.2 Å². The Morgan fingerprint density at radius 2 is 2.21 bits per heavy atom. The summed E-state index contributed by atoms with van der Waals surface area (Å²) >= 11 is 0. The van der Waals surface area contributed by atoms with Gasteiger partial charge in [0.25, 0.3) is 5.91 Å². The molecule has 0 radical (unpaired) electrons. The number of H-pyrrole nitrogens is 1. The third-order valence-electron chi connectivity index (χ3n) is 4.64. The maximum absolute atomic E-state index is 13.0. The average Bonchev–Trinajstić information content (AvgIpc) is 3.31. The summed E-state index contributed by atoms with van der Waals surface area (Å²) in [7, 11) is 0. The molecule has 0 bridgehead atoms. The summed E-state index contributed by atoms with van der Waals surface area (Å²) in [5, 5.41) is 12.2. The van der Waals surface area contributed by atoms with Crippen molar-refractivity contribution in [3.63, 3.8) is 0 Å². The first-order chi connectivity index (χ1) is 11.6. The van der Waals surface area contributed by atoms with Crippen molar-refractivity contribution in [3.05, 3.63) is 47.5 Å². The van der Waals surface area contributed by atoms with Crippen LogP contribution < -0.4 is 0 Å². The van der Waals surface area contributed by atoms with Crippen molar-refractivity contribution in [1.82, 2.24) is 20.3 Å². The number of benzene rings is 1. The smallest absolute Gasteiger partial charge is 0.275 e. The van der Waals surface area contributed by atoms with E-state index in [9.17, 15) is 4.79 Å². The molecule has 3 aromatic rings. The average molecular weight is 324 g/mol. The van der Waals surface area contributed by atoms with Crippen LogP contribution in [-0.4, -0.2) is 32.7 Å². The van der Waals surface area contributed by atoms with Crippen LogP contribution in [0.3, 0.4) is 0 Å². The maximum atomic E-state index is 13.0. The van der Waals surface area contributed by atoms with E-state index in [1.807, 2.05) is 35.2 Å². The molecule has 3 heterocycles. The third kappa shape index (κ3) is 2.38. The Bertz CT molecular complexity index is 880. The standard InChI is InChI=1S/C18H20N4O2/c1-11(2)16-10-14(21-24-16)15-8-5-9-22(15)18(23)17-12-6-3-4-7-13(12)19-20-17/h3-4,6-7,10-11,15H,5,8-9H2,1-2H3,(H,19,20). The Morgan fingerprint density at radius 3 is 3.00 bits per heavy atom. The summed E-state index contributed by atoms with van der Waals surface area (Å²) in [6, 6.07) is 9.63. The van der Waals surface area contributed by atoms with E-state index >= 15 is 0 Å². The van der Waals surface area contributed by atoms with Gasteiger partial charge in [0.05, 0.1) is 11.6 Å². The van der Waals surface area contributed by atoms with Crippen molar-refractivity contribution >= 4 is 16.8 Å². The molecule has 1 amide bonds. The number of likely N-dealkylation sites (tertiary alicyclic amines) is 1. The lowest BCUT2D eigenvalue weighted by Crippen LogP contribution is -2.31. The lowest BCUT2D eigenvalue weighted by atomic mass is 10.1. The van der Waals surface area contributed by atoms with Crippen molar-refractivity contribution in [2.75, 3.05) is 6.54 Å². The summed E-state index contributed by atoms with van der Waals surface area (Å²) in [5.74, 6) is 1.09. The monoisotopic (exact) mass is 324 g/mol. The first-order valence-electron chi connectivity index (χ1n) is 8.35. The molecule has 0 aliphatic carbocycles. The summed E-state index contributed by atoms with van der Waals surface area (Å²) < 4.78 is 5.42. The molecule has 1 fully saturated rings. The van der Waals surface area contributed by atoms with Gasteiger partial charge in [-0.2, -0.15) is 5.10 Å². The second-order valence-electron chi connectivity index (χ2n) is 6.58. The zero-order valence-electron chi connectivity index (χ0n) is 13.8. The number of nitrogens with zero attached hydrogens (tertiary/aromatic N) is 3. The molecule has 1 unspecified atom stereocenters. The molecule has 1 saturated heterocycles. The van der Waals surface area contributed by atoms with Gasteiger partial charge in [-0.15, -0.1) is 0 Å². The number of carbonyl (C=O) groups excluding carboxylic acids is 1. The van der Waals surface area contributed by atoms with Crippen LogP contribution in [-0.2, 0) is 0 Å². The van der Waals surface area contributed by atoms with Crippen molar-refractivity contribution in [2.45, 2.75) is 38.6 Å². The number of amides is 1. The molecule has 0 saturated carbocycles. The number of hydrogen-bond acceptors (Lipinski definition) is 4. The molecule has 1 aromatic carbocycles. The van der Waals surface area contributed by atoms with Crippen LogP contribution in [0, 0.1) is 0 Å². The molecule has 6 nitrogen and oxygen atoms in total. The molecule has 1 N–H and O–H groups in total. The van der Waals surface area contributed by atoms with Crippen molar-refractivity contribution in [2.24, 2.45) is 0 Å². The minimum absolute atomic E-state index is 0.0378. The van der Waals surface area contributed by atoms with E-state index in [2.05, 4.69) is 29.2 Å². The Labute approximate surface area is 139 Å². The zero-order valence-corrected chi connectivity index (χ0v) is 13.8. The number of rotatable bonds is 3. The number of hydrogen-bond donors (Lipinski definition) is 1. The summed E-state index contributed by atoms with van der Waals surface area (Å²) in [6.07, 6.45) is 1.86. The Balaban J connectivity index is 1.65. The number of aromatic nitrogens is 3. The quantitative estimate of drug-likeness (QED) is 0.798. The Kier molecular flexibility index (Phi) is 3.59. The highest BCUT2D eigenvalue weighted by atomic mass is 16.5. The number of fused-ring (bicyclic) bond motifs is 1. The summed E-state index contributed by atoms with van der Waals surface area (Å²) in [5.41, 5.74) is 2.19. The van der Waals surface area contributed by atoms with Crippen LogP contribution in [0.2, 0.25) is 0 Å². The fourth-order valence-corrected chi connectivity index (χ4v) is 3.31. The minimum atomic E-state index is -0.0518. The first kappa shape index (κ1) is 14.9. The lowest BCUT2D eigenvalue weighted by molar-refractivity contribution is 0.0726. The molecule has 1 aliphatic heterocycles. The van der Waals surface area contributed by atoms with Crippen LogP contribution in [0.5, 0.6) is 0 Å². The highest BCUT2D eigenvalue weighted by Crippen LogP contribution is 2.34. The largest absolute Gasteiger partial charge is 0.361 e. The van der Waals surface area contributed by atoms with E-state index in [4.69, 9.17) is 4.52 Å².